The average Bonchev–Trinajstić information content (AvgIpc) is 2.43. The van der Waals surface area contributed by atoms with E-state index in [-0.39, 0.29) is 10.7 Å². The Balaban J connectivity index is 3.05. The monoisotopic (exact) mass is 303 g/mol. The first-order chi connectivity index (χ1) is 9.40. The van der Waals surface area contributed by atoms with E-state index in [1.54, 1.807) is 0 Å². The number of nitro groups is 1. The highest BCUT2D eigenvalue weighted by Crippen LogP contribution is 2.20. The van der Waals surface area contributed by atoms with Gasteiger partial charge in [0.25, 0.3) is 11.6 Å². The van der Waals surface area contributed by atoms with Crippen LogP contribution in [0.1, 0.15) is 10.4 Å². The zero-order valence-electron chi connectivity index (χ0n) is 10.2. The summed E-state index contributed by atoms with van der Waals surface area (Å²) in [6, 6.07) is -0.347. The van der Waals surface area contributed by atoms with Crippen molar-refractivity contribution in [1.82, 2.24) is 10.3 Å². The van der Waals surface area contributed by atoms with Gasteiger partial charge in [0.2, 0.25) is 0 Å². The molecule has 0 bridgehead atoms. The number of ether oxygens (including phenoxy) is 1. The molecule has 0 aliphatic carbocycles. The molecule has 1 aromatic heterocycles. The maximum absolute atomic E-state index is 11.9. The third-order valence-corrected chi connectivity index (χ3v) is 2.47. The molecular weight excluding hydrogens is 294 g/mol. The van der Waals surface area contributed by atoms with Crippen LogP contribution in [0, 0.1) is 10.1 Å². The lowest BCUT2D eigenvalue weighted by Gasteiger charge is -2.13. The first-order valence-electron chi connectivity index (χ1n) is 5.20. The van der Waals surface area contributed by atoms with Crippen molar-refractivity contribution >= 4 is 29.2 Å². The van der Waals surface area contributed by atoms with Gasteiger partial charge in [-0.3, -0.25) is 14.9 Å². The molecule has 1 aromatic rings. The lowest BCUT2D eigenvalue weighted by atomic mass is 10.2. The number of nitrogens with one attached hydrogen (secondary N) is 1. The standard InChI is InChI=1S/C10H10ClN3O6/c1-20-10(17)6(4-15)13-9(16)5-2-8(11)12-3-7(5)14(18)19/h2-3,6,15H,4H2,1H3,(H,13,16). The fourth-order valence-corrected chi connectivity index (χ4v) is 1.47. The molecule has 0 aliphatic rings. The second-order valence-corrected chi connectivity index (χ2v) is 3.90. The van der Waals surface area contributed by atoms with Crippen molar-refractivity contribution in [2.24, 2.45) is 0 Å². The Morgan fingerprint density at radius 2 is 2.30 bits per heavy atom. The summed E-state index contributed by atoms with van der Waals surface area (Å²) < 4.78 is 4.36. The van der Waals surface area contributed by atoms with Gasteiger partial charge in [-0.15, -0.1) is 0 Å². The van der Waals surface area contributed by atoms with Gasteiger partial charge in [-0.2, -0.15) is 0 Å². The number of carbonyl (C=O) groups is 2. The zero-order chi connectivity index (χ0) is 15.3. The van der Waals surface area contributed by atoms with Crippen LogP contribution in [0.15, 0.2) is 12.3 Å². The smallest absolute Gasteiger partial charge is 0.330 e. The quantitative estimate of drug-likeness (QED) is 0.336. The number of aliphatic hydroxyl groups excluding tert-OH is 1. The van der Waals surface area contributed by atoms with Crippen molar-refractivity contribution in [2.45, 2.75) is 6.04 Å². The topological polar surface area (TPSA) is 132 Å². The van der Waals surface area contributed by atoms with Crippen molar-refractivity contribution in [2.75, 3.05) is 13.7 Å². The van der Waals surface area contributed by atoms with Gasteiger partial charge in [0, 0.05) is 0 Å². The largest absolute Gasteiger partial charge is 0.467 e. The summed E-state index contributed by atoms with van der Waals surface area (Å²) in [4.78, 5) is 36.6. The summed E-state index contributed by atoms with van der Waals surface area (Å²) >= 11 is 5.57. The van der Waals surface area contributed by atoms with Crippen molar-refractivity contribution < 1.29 is 24.4 Å². The van der Waals surface area contributed by atoms with Crippen LogP contribution >= 0.6 is 11.6 Å². The van der Waals surface area contributed by atoms with E-state index >= 15 is 0 Å². The third-order valence-electron chi connectivity index (χ3n) is 2.26. The molecule has 0 radical (unpaired) electrons. The highest BCUT2D eigenvalue weighted by molar-refractivity contribution is 6.29. The Morgan fingerprint density at radius 3 is 2.80 bits per heavy atom. The van der Waals surface area contributed by atoms with E-state index < -0.39 is 35.1 Å². The average molecular weight is 304 g/mol. The van der Waals surface area contributed by atoms with Gasteiger partial charge in [0.1, 0.15) is 16.9 Å². The number of aliphatic hydroxyl groups is 1. The van der Waals surface area contributed by atoms with Crippen molar-refractivity contribution in [3.8, 4) is 0 Å². The Bertz CT molecular complexity index is 550. The van der Waals surface area contributed by atoms with Gasteiger partial charge in [0.15, 0.2) is 6.04 Å². The Hall–Kier alpha value is -2.26. The summed E-state index contributed by atoms with van der Waals surface area (Å²) in [6.45, 7) is -0.717. The minimum atomic E-state index is -1.33. The molecule has 1 atom stereocenters. The molecule has 10 heteroatoms. The van der Waals surface area contributed by atoms with E-state index in [0.717, 1.165) is 19.4 Å². The normalized spacial score (nSPS) is 11.6. The molecule has 9 nitrogen and oxygen atoms in total. The van der Waals surface area contributed by atoms with E-state index in [9.17, 15) is 19.7 Å². The molecule has 1 rings (SSSR count). The van der Waals surface area contributed by atoms with Crippen LogP contribution < -0.4 is 5.32 Å². The van der Waals surface area contributed by atoms with E-state index in [2.05, 4.69) is 15.0 Å². The SMILES string of the molecule is COC(=O)C(CO)NC(=O)c1cc(Cl)ncc1[N+](=O)[O-]. The first kappa shape index (κ1) is 15.8. The maximum atomic E-state index is 11.9. The molecule has 2 N–H and O–H groups in total. The maximum Gasteiger partial charge on any atom is 0.330 e. The second-order valence-electron chi connectivity index (χ2n) is 3.51. The first-order valence-corrected chi connectivity index (χ1v) is 5.58. The van der Waals surface area contributed by atoms with Gasteiger partial charge in [-0.25, -0.2) is 9.78 Å². The summed E-state index contributed by atoms with van der Waals surface area (Å²) in [5.74, 6) is -1.84. The number of pyridine rings is 1. The van der Waals surface area contributed by atoms with E-state index in [0.29, 0.717) is 0 Å². The molecule has 20 heavy (non-hydrogen) atoms. The van der Waals surface area contributed by atoms with Gasteiger partial charge < -0.3 is 15.2 Å². The molecule has 0 aliphatic heterocycles. The number of rotatable bonds is 5. The lowest BCUT2D eigenvalue weighted by molar-refractivity contribution is -0.385. The fourth-order valence-electron chi connectivity index (χ4n) is 1.31. The highest BCUT2D eigenvalue weighted by atomic mass is 35.5. The van der Waals surface area contributed by atoms with Crippen LogP contribution in [0.3, 0.4) is 0 Å². The van der Waals surface area contributed by atoms with Crippen molar-refractivity contribution in [3.63, 3.8) is 0 Å². The van der Waals surface area contributed by atoms with E-state index in [4.69, 9.17) is 16.7 Å². The number of carbonyl (C=O) groups excluding carboxylic acids is 2. The Kier molecular flexibility index (Phi) is 5.35. The van der Waals surface area contributed by atoms with Crippen LogP contribution in [0.2, 0.25) is 5.15 Å². The number of esters is 1. The molecule has 108 valence electrons. The molecule has 0 saturated heterocycles. The molecule has 0 fully saturated rings. The van der Waals surface area contributed by atoms with E-state index in [1.165, 1.54) is 0 Å². The fraction of sp³-hybridized carbons (Fsp3) is 0.300. The second kappa shape index (κ2) is 6.78. The molecule has 0 spiro atoms. The van der Waals surface area contributed by atoms with Crippen LogP contribution in [-0.4, -0.2) is 46.6 Å². The molecule has 0 saturated carbocycles. The number of aromatic nitrogens is 1. The Morgan fingerprint density at radius 1 is 1.65 bits per heavy atom. The summed E-state index contributed by atoms with van der Waals surface area (Å²) in [6.07, 6.45) is 0.823. The molecule has 0 aromatic carbocycles. The van der Waals surface area contributed by atoms with Crippen LogP contribution in [-0.2, 0) is 9.53 Å². The van der Waals surface area contributed by atoms with Crippen molar-refractivity contribution in [1.29, 1.82) is 0 Å². The summed E-state index contributed by atoms with van der Waals surface area (Å²) in [7, 11) is 1.07. The van der Waals surface area contributed by atoms with Gasteiger partial charge in [-0.1, -0.05) is 11.6 Å². The number of nitrogens with zero attached hydrogens (tertiary/aromatic N) is 2. The number of methoxy groups -OCH3 is 1. The number of hydrogen-bond acceptors (Lipinski definition) is 7. The predicted octanol–water partition coefficient (Wildman–Crippen LogP) is -0.0931. The zero-order valence-corrected chi connectivity index (χ0v) is 11.0. The minimum Gasteiger partial charge on any atom is -0.467 e. The minimum absolute atomic E-state index is 0.126. The molecule has 1 amide bonds. The van der Waals surface area contributed by atoms with Crippen molar-refractivity contribution in [3.05, 3.63) is 33.1 Å². The van der Waals surface area contributed by atoms with Gasteiger partial charge in [-0.05, 0) is 6.07 Å². The summed E-state index contributed by atoms with van der Waals surface area (Å²) in [5.41, 5.74) is -0.953. The van der Waals surface area contributed by atoms with Crippen LogP contribution in [0.5, 0.6) is 0 Å². The third kappa shape index (κ3) is 3.62. The highest BCUT2D eigenvalue weighted by Gasteiger charge is 2.26. The van der Waals surface area contributed by atoms with Crippen LogP contribution in [0.4, 0.5) is 5.69 Å². The number of hydrogen-bond donors (Lipinski definition) is 2. The molecule has 1 heterocycles. The predicted molar refractivity (Wildman–Crippen MR) is 66.3 cm³/mol. The van der Waals surface area contributed by atoms with E-state index in [1.807, 2.05) is 0 Å². The van der Waals surface area contributed by atoms with Gasteiger partial charge in [0.05, 0.1) is 18.6 Å². The number of halogens is 1. The Labute approximate surface area is 117 Å². The van der Waals surface area contributed by atoms with Crippen LogP contribution in [0.25, 0.3) is 0 Å². The molecular formula is C10H10ClN3O6. The van der Waals surface area contributed by atoms with Gasteiger partial charge >= 0.3 is 5.97 Å². The number of amides is 1. The summed E-state index contributed by atoms with van der Waals surface area (Å²) in [5, 5.41) is 21.7. The molecule has 1 unspecified atom stereocenters. The lowest BCUT2D eigenvalue weighted by Crippen LogP contribution is -2.44.